The molecule has 0 aromatic carbocycles. The highest BCUT2D eigenvalue weighted by atomic mass is 32.2. The zero-order valence-corrected chi connectivity index (χ0v) is 14.4. The third-order valence-electron chi connectivity index (χ3n) is 4.50. The molecule has 1 rings (SSSR count). The van der Waals surface area contributed by atoms with Gasteiger partial charge >= 0.3 is 0 Å². The van der Waals surface area contributed by atoms with Gasteiger partial charge in [0.1, 0.15) is 9.84 Å². The Bertz CT molecular complexity index is 371. The molecule has 1 unspecified atom stereocenters. The number of likely N-dealkylation sites (tertiary alicyclic amines) is 1. The number of nitrogens with one attached hydrogen (secondary N) is 1. The number of hydrogen-bond acceptors (Lipinski definition) is 4. The number of hydrogen-bond donors (Lipinski definition) is 1. The first-order valence-electron chi connectivity index (χ1n) is 7.93. The molecule has 0 radical (unpaired) electrons. The Morgan fingerprint density at radius 1 is 1.15 bits per heavy atom. The molecule has 1 fully saturated rings. The topological polar surface area (TPSA) is 49.4 Å². The number of nitrogens with zero attached hydrogens (tertiary/aromatic N) is 1. The van der Waals surface area contributed by atoms with Gasteiger partial charge in [0.2, 0.25) is 0 Å². The summed E-state index contributed by atoms with van der Waals surface area (Å²) in [5.74, 6) is 0.266. The molecule has 120 valence electrons. The SMILES string of the molecule is CCNC(CCS(C)(=O)=O)C(C)(C)N1CCCCCC1. The average molecular weight is 305 g/mol. The van der Waals surface area contributed by atoms with Crippen LogP contribution in [0.25, 0.3) is 0 Å². The summed E-state index contributed by atoms with van der Waals surface area (Å²) in [5.41, 5.74) is 0.00500. The second-order valence-electron chi connectivity index (χ2n) is 6.58. The van der Waals surface area contributed by atoms with Crippen molar-refractivity contribution in [3.63, 3.8) is 0 Å². The van der Waals surface area contributed by atoms with Crippen LogP contribution in [-0.4, -0.2) is 56.5 Å². The second kappa shape index (κ2) is 7.76. The van der Waals surface area contributed by atoms with E-state index in [0.29, 0.717) is 6.42 Å². The fraction of sp³-hybridized carbons (Fsp3) is 1.00. The van der Waals surface area contributed by atoms with E-state index in [0.717, 1.165) is 19.6 Å². The van der Waals surface area contributed by atoms with Gasteiger partial charge in [-0.05, 0) is 52.7 Å². The molecule has 0 aromatic heterocycles. The normalized spacial score (nSPS) is 20.6. The van der Waals surface area contributed by atoms with Crippen LogP contribution < -0.4 is 5.32 Å². The fourth-order valence-electron chi connectivity index (χ4n) is 3.15. The van der Waals surface area contributed by atoms with Crippen LogP contribution in [0.2, 0.25) is 0 Å². The Hall–Kier alpha value is -0.130. The Labute approximate surface area is 125 Å². The molecule has 1 aliphatic heterocycles. The molecule has 0 spiro atoms. The Morgan fingerprint density at radius 2 is 1.70 bits per heavy atom. The first-order chi connectivity index (χ1) is 9.27. The summed E-state index contributed by atoms with van der Waals surface area (Å²) < 4.78 is 22.9. The monoisotopic (exact) mass is 304 g/mol. The van der Waals surface area contributed by atoms with Crippen LogP contribution >= 0.6 is 0 Å². The average Bonchev–Trinajstić information content (AvgIpc) is 2.62. The van der Waals surface area contributed by atoms with Gasteiger partial charge in [-0.3, -0.25) is 4.90 Å². The van der Waals surface area contributed by atoms with Gasteiger partial charge in [0, 0.05) is 17.8 Å². The summed E-state index contributed by atoms with van der Waals surface area (Å²) in [6.45, 7) is 9.75. The van der Waals surface area contributed by atoms with E-state index in [4.69, 9.17) is 0 Å². The summed E-state index contributed by atoms with van der Waals surface area (Å²) in [6, 6.07) is 0.223. The lowest BCUT2D eigenvalue weighted by atomic mass is 9.90. The van der Waals surface area contributed by atoms with Gasteiger partial charge in [0.05, 0.1) is 5.75 Å². The standard InChI is InChI=1S/C15H32N2O2S/c1-5-16-14(10-13-20(4,18)19)15(2,3)17-11-8-6-7-9-12-17/h14,16H,5-13H2,1-4H3. The maximum atomic E-state index is 11.5. The van der Waals surface area contributed by atoms with Crippen molar-refractivity contribution in [2.45, 2.75) is 64.5 Å². The molecule has 0 bridgehead atoms. The van der Waals surface area contributed by atoms with Crippen LogP contribution in [0, 0.1) is 0 Å². The van der Waals surface area contributed by atoms with E-state index in [1.165, 1.54) is 31.9 Å². The van der Waals surface area contributed by atoms with Crippen LogP contribution in [0.4, 0.5) is 0 Å². The first-order valence-corrected chi connectivity index (χ1v) is 9.99. The molecule has 1 heterocycles. The Morgan fingerprint density at radius 3 is 2.15 bits per heavy atom. The van der Waals surface area contributed by atoms with Gasteiger partial charge in [-0.1, -0.05) is 19.8 Å². The zero-order valence-electron chi connectivity index (χ0n) is 13.6. The summed E-state index contributed by atoms with van der Waals surface area (Å²) in [4.78, 5) is 2.55. The van der Waals surface area contributed by atoms with Crippen molar-refractivity contribution in [3.05, 3.63) is 0 Å². The van der Waals surface area contributed by atoms with Gasteiger partial charge in [-0.2, -0.15) is 0 Å². The van der Waals surface area contributed by atoms with Gasteiger partial charge in [0.25, 0.3) is 0 Å². The zero-order chi connectivity index (χ0) is 15.2. The molecule has 1 saturated heterocycles. The number of sulfone groups is 1. The molecule has 0 saturated carbocycles. The third kappa shape index (κ3) is 5.70. The number of likely N-dealkylation sites (N-methyl/N-ethyl adjacent to an activating group) is 1. The van der Waals surface area contributed by atoms with Gasteiger partial charge in [-0.15, -0.1) is 0 Å². The van der Waals surface area contributed by atoms with Crippen molar-refractivity contribution in [2.24, 2.45) is 0 Å². The quantitative estimate of drug-likeness (QED) is 0.782. The maximum absolute atomic E-state index is 11.5. The highest BCUT2D eigenvalue weighted by Crippen LogP contribution is 2.25. The highest BCUT2D eigenvalue weighted by Gasteiger charge is 2.35. The molecule has 20 heavy (non-hydrogen) atoms. The van der Waals surface area contributed by atoms with Crippen molar-refractivity contribution in [3.8, 4) is 0 Å². The van der Waals surface area contributed by atoms with E-state index in [1.807, 2.05) is 0 Å². The predicted molar refractivity (Wildman–Crippen MR) is 85.9 cm³/mol. The Balaban J connectivity index is 2.74. The smallest absolute Gasteiger partial charge is 0.147 e. The summed E-state index contributed by atoms with van der Waals surface area (Å²) in [7, 11) is -2.89. The number of rotatable bonds is 7. The van der Waals surface area contributed by atoms with Crippen molar-refractivity contribution < 1.29 is 8.42 Å². The summed E-state index contributed by atoms with van der Waals surface area (Å²) in [6.07, 6.45) is 7.18. The van der Waals surface area contributed by atoms with Gasteiger partial charge < -0.3 is 5.32 Å². The largest absolute Gasteiger partial charge is 0.312 e. The molecule has 1 N–H and O–H groups in total. The molecular weight excluding hydrogens is 272 g/mol. The minimum atomic E-state index is -2.89. The predicted octanol–water partition coefficient (Wildman–Crippen LogP) is 2.05. The van der Waals surface area contributed by atoms with Crippen molar-refractivity contribution >= 4 is 9.84 Å². The van der Waals surface area contributed by atoms with Crippen molar-refractivity contribution in [2.75, 3.05) is 31.6 Å². The Kier molecular flexibility index (Phi) is 6.95. The summed E-state index contributed by atoms with van der Waals surface area (Å²) >= 11 is 0. The maximum Gasteiger partial charge on any atom is 0.147 e. The van der Waals surface area contributed by atoms with Crippen LogP contribution in [-0.2, 0) is 9.84 Å². The molecule has 4 nitrogen and oxygen atoms in total. The van der Waals surface area contributed by atoms with E-state index in [1.54, 1.807) is 0 Å². The van der Waals surface area contributed by atoms with Crippen LogP contribution in [0.3, 0.4) is 0 Å². The van der Waals surface area contributed by atoms with E-state index >= 15 is 0 Å². The molecule has 1 atom stereocenters. The molecular formula is C15H32N2O2S. The molecule has 1 aliphatic rings. The van der Waals surface area contributed by atoms with Gasteiger partial charge in [-0.25, -0.2) is 8.42 Å². The van der Waals surface area contributed by atoms with E-state index in [9.17, 15) is 8.42 Å². The minimum absolute atomic E-state index is 0.00500. The van der Waals surface area contributed by atoms with Crippen molar-refractivity contribution in [1.29, 1.82) is 0 Å². The fourth-order valence-corrected chi connectivity index (χ4v) is 3.81. The second-order valence-corrected chi connectivity index (χ2v) is 8.84. The highest BCUT2D eigenvalue weighted by molar-refractivity contribution is 7.90. The molecule has 0 aromatic rings. The van der Waals surface area contributed by atoms with E-state index in [-0.39, 0.29) is 17.3 Å². The summed E-state index contributed by atoms with van der Waals surface area (Å²) in [5, 5.41) is 3.51. The van der Waals surface area contributed by atoms with Crippen LogP contribution in [0.1, 0.15) is 52.9 Å². The van der Waals surface area contributed by atoms with Crippen LogP contribution in [0.15, 0.2) is 0 Å². The molecule has 0 aliphatic carbocycles. The lowest BCUT2D eigenvalue weighted by Crippen LogP contribution is -2.58. The lowest BCUT2D eigenvalue weighted by Gasteiger charge is -2.44. The molecule has 5 heteroatoms. The van der Waals surface area contributed by atoms with Crippen LogP contribution in [0.5, 0.6) is 0 Å². The van der Waals surface area contributed by atoms with E-state index < -0.39 is 9.84 Å². The van der Waals surface area contributed by atoms with Crippen molar-refractivity contribution in [1.82, 2.24) is 10.2 Å². The third-order valence-corrected chi connectivity index (χ3v) is 5.48. The van der Waals surface area contributed by atoms with E-state index in [2.05, 4.69) is 31.0 Å². The molecule has 0 amide bonds. The minimum Gasteiger partial charge on any atom is -0.312 e. The van der Waals surface area contributed by atoms with Gasteiger partial charge in [0.15, 0.2) is 0 Å². The lowest BCUT2D eigenvalue weighted by molar-refractivity contribution is 0.0828. The first kappa shape index (κ1) is 17.9.